The van der Waals surface area contributed by atoms with Crippen LogP contribution in [0, 0.1) is 11.3 Å². The summed E-state index contributed by atoms with van der Waals surface area (Å²) in [5.41, 5.74) is -0.588. The number of hydrogen-bond donors (Lipinski definition) is 2. The topological polar surface area (TPSA) is 104 Å². The molecule has 1 aliphatic heterocycles. The van der Waals surface area contributed by atoms with Crippen LogP contribution in [-0.4, -0.2) is 55.1 Å². The van der Waals surface area contributed by atoms with Gasteiger partial charge in [-0.1, -0.05) is 20.8 Å². The number of piperidine rings is 1. The lowest BCUT2D eigenvalue weighted by Crippen LogP contribution is -2.52. The van der Waals surface area contributed by atoms with Crippen molar-refractivity contribution in [3.8, 4) is 0 Å². The van der Waals surface area contributed by atoms with Gasteiger partial charge in [-0.2, -0.15) is 0 Å². The molecule has 1 amide bonds. The molecule has 0 radical (unpaired) electrons. The Bertz CT molecular complexity index is 501. The number of nitrogens with one attached hydrogen (secondary N) is 1. The van der Waals surface area contributed by atoms with Gasteiger partial charge in [0, 0.05) is 19.0 Å². The van der Waals surface area contributed by atoms with E-state index in [-0.39, 0.29) is 11.8 Å². The summed E-state index contributed by atoms with van der Waals surface area (Å²) in [7, 11) is -3.23. The fraction of sp³-hybridized carbons (Fsp3) is 0.846. The molecule has 1 fully saturated rings. The van der Waals surface area contributed by atoms with Crippen molar-refractivity contribution in [1.29, 1.82) is 0 Å². The summed E-state index contributed by atoms with van der Waals surface area (Å²) in [5, 5.41) is 11.8. The van der Waals surface area contributed by atoms with Crippen molar-refractivity contribution in [1.82, 2.24) is 9.62 Å². The Morgan fingerprint density at radius 3 is 2.05 bits per heavy atom. The summed E-state index contributed by atoms with van der Waals surface area (Å²) in [6, 6.07) is -0.960. The number of nitrogens with zero attached hydrogens (tertiary/aromatic N) is 1. The maximum atomic E-state index is 12.2. The van der Waals surface area contributed by atoms with Gasteiger partial charge in [0.05, 0.1) is 6.26 Å². The monoisotopic (exact) mass is 320 g/mol. The molecule has 7 nitrogen and oxygen atoms in total. The zero-order chi connectivity index (χ0) is 16.4. The molecule has 0 aliphatic carbocycles. The zero-order valence-electron chi connectivity index (χ0n) is 12.9. The minimum Gasteiger partial charge on any atom is -0.480 e. The molecular weight excluding hydrogens is 296 g/mol. The van der Waals surface area contributed by atoms with Gasteiger partial charge >= 0.3 is 5.97 Å². The zero-order valence-corrected chi connectivity index (χ0v) is 13.7. The molecule has 1 saturated heterocycles. The van der Waals surface area contributed by atoms with Crippen LogP contribution in [0.15, 0.2) is 0 Å². The number of carboxylic acids is 1. The molecule has 1 heterocycles. The maximum Gasteiger partial charge on any atom is 0.326 e. The average molecular weight is 320 g/mol. The summed E-state index contributed by atoms with van der Waals surface area (Å²) < 4.78 is 24.2. The van der Waals surface area contributed by atoms with Gasteiger partial charge in [0.15, 0.2) is 0 Å². The molecule has 0 aromatic carbocycles. The Balaban J connectivity index is 2.64. The molecule has 122 valence electrons. The van der Waals surface area contributed by atoms with E-state index in [1.54, 1.807) is 20.8 Å². The summed E-state index contributed by atoms with van der Waals surface area (Å²) in [6.45, 7) is 5.84. The van der Waals surface area contributed by atoms with Crippen molar-refractivity contribution in [2.75, 3.05) is 19.3 Å². The molecular formula is C13H24N2O5S. The summed E-state index contributed by atoms with van der Waals surface area (Å²) in [5.74, 6) is -1.72. The number of carboxylic acid groups (broad SMARTS) is 1. The average Bonchev–Trinajstić information content (AvgIpc) is 2.33. The molecule has 0 bridgehead atoms. The highest BCUT2D eigenvalue weighted by atomic mass is 32.2. The molecule has 1 rings (SSSR count). The van der Waals surface area contributed by atoms with Gasteiger partial charge in [0.25, 0.3) is 0 Å². The number of sulfonamides is 1. The molecule has 0 saturated carbocycles. The Morgan fingerprint density at radius 1 is 1.24 bits per heavy atom. The lowest BCUT2D eigenvalue weighted by atomic mass is 9.86. The third-order valence-corrected chi connectivity index (χ3v) is 5.00. The Labute approximate surface area is 125 Å². The number of aliphatic carboxylic acids is 1. The van der Waals surface area contributed by atoms with Gasteiger partial charge < -0.3 is 10.4 Å². The maximum absolute atomic E-state index is 12.2. The summed E-state index contributed by atoms with van der Waals surface area (Å²) >= 11 is 0. The predicted octanol–water partition coefficient (Wildman–Crippen LogP) is 0.274. The molecule has 1 unspecified atom stereocenters. The Hall–Kier alpha value is -1.15. The van der Waals surface area contributed by atoms with Gasteiger partial charge in [0.2, 0.25) is 15.9 Å². The van der Waals surface area contributed by atoms with Crippen LogP contribution in [-0.2, 0) is 19.6 Å². The van der Waals surface area contributed by atoms with E-state index < -0.39 is 27.4 Å². The second kappa shape index (κ2) is 6.31. The number of amides is 1. The van der Waals surface area contributed by atoms with Crippen LogP contribution in [0.2, 0.25) is 0 Å². The van der Waals surface area contributed by atoms with E-state index in [1.807, 2.05) is 0 Å². The molecule has 21 heavy (non-hydrogen) atoms. The van der Waals surface area contributed by atoms with Crippen molar-refractivity contribution in [2.24, 2.45) is 11.3 Å². The molecule has 0 spiro atoms. The Morgan fingerprint density at radius 2 is 1.71 bits per heavy atom. The van der Waals surface area contributed by atoms with Crippen LogP contribution in [0.4, 0.5) is 0 Å². The first-order valence-corrected chi connectivity index (χ1v) is 8.76. The Kier molecular flexibility index (Phi) is 5.38. The van der Waals surface area contributed by atoms with E-state index in [4.69, 9.17) is 0 Å². The van der Waals surface area contributed by atoms with Gasteiger partial charge in [-0.25, -0.2) is 17.5 Å². The van der Waals surface area contributed by atoms with Crippen molar-refractivity contribution >= 4 is 21.9 Å². The van der Waals surface area contributed by atoms with Crippen LogP contribution < -0.4 is 5.32 Å². The lowest BCUT2D eigenvalue weighted by Gasteiger charge is -2.32. The molecule has 8 heteroatoms. The van der Waals surface area contributed by atoms with E-state index in [9.17, 15) is 23.1 Å². The molecule has 2 N–H and O–H groups in total. The van der Waals surface area contributed by atoms with Crippen LogP contribution in [0.1, 0.15) is 33.6 Å². The summed E-state index contributed by atoms with van der Waals surface area (Å²) in [4.78, 5) is 23.4. The molecule has 1 aliphatic rings. The quantitative estimate of drug-likeness (QED) is 0.774. The van der Waals surface area contributed by atoms with Crippen molar-refractivity contribution in [2.45, 2.75) is 39.7 Å². The largest absolute Gasteiger partial charge is 0.480 e. The van der Waals surface area contributed by atoms with E-state index in [2.05, 4.69) is 5.32 Å². The lowest BCUT2D eigenvalue weighted by molar-refractivity contribution is -0.145. The van der Waals surface area contributed by atoms with E-state index in [0.717, 1.165) is 6.26 Å². The van der Waals surface area contributed by atoms with Crippen LogP contribution >= 0.6 is 0 Å². The number of rotatable bonds is 4. The van der Waals surface area contributed by atoms with Gasteiger partial charge in [-0.3, -0.25) is 4.79 Å². The fourth-order valence-corrected chi connectivity index (χ4v) is 3.23. The minimum absolute atomic E-state index is 0.296. The van der Waals surface area contributed by atoms with Gasteiger partial charge in [0.1, 0.15) is 6.04 Å². The third-order valence-electron chi connectivity index (χ3n) is 3.69. The number of carbonyl (C=O) groups is 2. The molecule has 0 aromatic heterocycles. The highest BCUT2D eigenvalue weighted by Gasteiger charge is 2.36. The predicted molar refractivity (Wildman–Crippen MR) is 78.2 cm³/mol. The summed E-state index contributed by atoms with van der Waals surface area (Å²) in [6.07, 6.45) is 1.97. The fourth-order valence-electron chi connectivity index (χ4n) is 2.36. The molecule has 0 aromatic rings. The number of carbonyl (C=O) groups excluding carboxylic acids is 1. The highest BCUT2D eigenvalue weighted by Crippen LogP contribution is 2.23. The van der Waals surface area contributed by atoms with E-state index >= 15 is 0 Å². The van der Waals surface area contributed by atoms with Crippen LogP contribution in [0.25, 0.3) is 0 Å². The molecule has 1 atom stereocenters. The van der Waals surface area contributed by atoms with Gasteiger partial charge in [-0.05, 0) is 18.3 Å². The first-order chi connectivity index (χ1) is 9.43. The van der Waals surface area contributed by atoms with Crippen LogP contribution in [0.5, 0.6) is 0 Å². The first-order valence-electron chi connectivity index (χ1n) is 6.91. The van der Waals surface area contributed by atoms with Crippen molar-refractivity contribution in [3.63, 3.8) is 0 Å². The van der Waals surface area contributed by atoms with Gasteiger partial charge in [-0.15, -0.1) is 0 Å². The second-order valence-corrected chi connectivity index (χ2v) is 8.56. The third kappa shape index (κ3) is 4.96. The SMILES string of the molecule is CC(C)(C)C(NC(=O)C1CCN(S(C)(=O)=O)CC1)C(=O)O. The second-order valence-electron chi connectivity index (χ2n) is 6.58. The first kappa shape index (κ1) is 17.9. The minimum atomic E-state index is -3.23. The van der Waals surface area contributed by atoms with Crippen LogP contribution in [0.3, 0.4) is 0 Å². The standard InChI is InChI=1S/C13H24N2O5S/c1-13(2,3)10(12(17)18)14-11(16)9-5-7-15(8-6-9)21(4,19)20/h9-10H,5-8H2,1-4H3,(H,14,16)(H,17,18). The van der Waals surface area contributed by atoms with E-state index in [1.165, 1.54) is 4.31 Å². The van der Waals surface area contributed by atoms with E-state index in [0.29, 0.717) is 25.9 Å². The number of hydrogen-bond acceptors (Lipinski definition) is 4. The van der Waals surface area contributed by atoms with Crippen molar-refractivity contribution in [3.05, 3.63) is 0 Å². The normalized spacial score (nSPS) is 20.0. The highest BCUT2D eigenvalue weighted by molar-refractivity contribution is 7.88. The van der Waals surface area contributed by atoms with Crippen molar-refractivity contribution < 1.29 is 23.1 Å². The smallest absolute Gasteiger partial charge is 0.326 e.